The van der Waals surface area contributed by atoms with Crippen molar-refractivity contribution in [2.75, 3.05) is 6.54 Å². The summed E-state index contributed by atoms with van der Waals surface area (Å²) in [4.78, 5) is 17.7. The van der Waals surface area contributed by atoms with E-state index in [1.54, 1.807) is 12.1 Å². The maximum absolute atomic E-state index is 13.5. The van der Waals surface area contributed by atoms with Gasteiger partial charge in [-0.25, -0.2) is 14.2 Å². The molecule has 0 saturated heterocycles. The smallest absolute Gasteiger partial charge is 0.374 e. The Bertz CT molecular complexity index is 849. The molecule has 1 fully saturated rings. The van der Waals surface area contributed by atoms with Gasteiger partial charge in [-0.3, -0.25) is 0 Å². The van der Waals surface area contributed by atoms with E-state index in [9.17, 15) is 27.5 Å². The third kappa shape index (κ3) is 4.69. The molecule has 10 heteroatoms. The number of nitrogens with zero attached hydrogens (tertiary/aromatic N) is 3. The minimum Gasteiger partial charge on any atom is -0.374 e. The highest BCUT2D eigenvalue weighted by Gasteiger charge is 2.57. The first kappa shape index (κ1) is 21.1. The number of aromatic nitrogens is 2. The van der Waals surface area contributed by atoms with Crippen molar-refractivity contribution in [3.05, 3.63) is 53.9 Å². The Morgan fingerprint density at radius 3 is 2.48 bits per heavy atom. The van der Waals surface area contributed by atoms with Crippen LogP contribution in [0.3, 0.4) is 0 Å². The zero-order valence-corrected chi connectivity index (χ0v) is 15.8. The number of hydrogen-bond acceptors (Lipinski definition) is 3. The zero-order chi connectivity index (χ0) is 21.2. The first-order chi connectivity index (χ1) is 13.6. The predicted octanol–water partition coefficient (Wildman–Crippen LogP) is 3.07. The van der Waals surface area contributed by atoms with Crippen molar-refractivity contribution < 1.29 is 27.5 Å². The van der Waals surface area contributed by atoms with Crippen molar-refractivity contribution >= 4 is 6.03 Å². The van der Waals surface area contributed by atoms with Gasteiger partial charge in [0, 0.05) is 45.0 Å². The summed E-state index contributed by atoms with van der Waals surface area (Å²) in [7, 11) is 1.36. The molecule has 158 valence electrons. The fourth-order valence-electron chi connectivity index (χ4n) is 3.14. The van der Waals surface area contributed by atoms with Crippen LogP contribution in [0.5, 0.6) is 0 Å². The van der Waals surface area contributed by atoms with Gasteiger partial charge in [-0.1, -0.05) is 12.1 Å². The van der Waals surface area contributed by atoms with Crippen LogP contribution in [0.2, 0.25) is 0 Å². The number of nitrogens with one attached hydrogen (secondary N) is 1. The summed E-state index contributed by atoms with van der Waals surface area (Å²) in [5.74, 6) is -0.929. The van der Waals surface area contributed by atoms with Crippen molar-refractivity contribution in [2.24, 2.45) is 7.05 Å². The van der Waals surface area contributed by atoms with Crippen LogP contribution in [0.4, 0.5) is 22.4 Å². The van der Waals surface area contributed by atoms with E-state index in [-0.39, 0.29) is 12.6 Å². The molecule has 2 amide bonds. The number of carbonyl (C=O) groups is 1. The van der Waals surface area contributed by atoms with Gasteiger partial charge >= 0.3 is 12.2 Å². The molecule has 29 heavy (non-hydrogen) atoms. The minimum atomic E-state index is -4.96. The third-order valence-electron chi connectivity index (χ3n) is 4.94. The Morgan fingerprint density at radius 2 is 1.97 bits per heavy atom. The largest absolute Gasteiger partial charge is 0.424 e. The fourth-order valence-corrected chi connectivity index (χ4v) is 3.14. The molecule has 0 aliphatic heterocycles. The lowest BCUT2D eigenvalue weighted by atomic mass is 9.97. The van der Waals surface area contributed by atoms with E-state index in [0.29, 0.717) is 5.56 Å². The first-order valence-corrected chi connectivity index (χ1v) is 9.17. The first-order valence-electron chi connectivity index (χ1n) is 9.17. The molecule has 0 bridgehead atoms. The highest BCUT2D eigenvalue weighted by atomic mass is 19.4. The quantitative estimate of drug-likeness (QED) is 0.685. The second kappa shape index (κ2) is 8.02. The predicted molar refractivity (Wildman–Crippen MR) is 96.1 cm³/mol. The number of rotatable bonds is 7. The number of aryl methyl sites for hydroxylation is 1. The van der Waals surface area contributed by atoms with Crippen molar-refractivity contribution in [1.82, 2.24) is 19.8 Å². The summed E-state index contributed by atoms with van der Waals surface area (Å²) >= 11 is 0. The summed E-state index contributed by atoms with van der Waals surface area (Å²) in [5.41, 5.74) is -2.46. The number of halogens is 4. The summed E-state index contributed by atoms with van der Waals surface area (Å²) in [6.45, 7) is -0.173. The van der Waals surface area contributed by atoms with E-state index in [1.165, 1.54) is 36.5 Å². The van der Waals surface area contributed by atoms with Gasteiger partial charge in [0.05, 0.1) is 0 Å². The standard InChI is InChI=1S/C19H22F4N4O2/c1-26-11-10-24-16(26)18(29,19(21,22)23)8-9-25-17(28)27(15-6-7-15)12-13-2-4-14(20)5-3-13/h2-5,10-11,15,29H,6-9,12H2,1H3,(H,25,28)/t18-/m0/s1. The van der Waals surface area contributed by atoms with E-state index in [0.717, 1.165) is 17.4 Å². The SMILES string of the molecule is Cn1ccnc1[C@@](O)(CCNC(=O)N(Cc1ccc(F)cc1)C1CC1)C(F)(F)F. The van der Waals surface area contributed by atoms with Gasteiger partial charge in [0.1, 0.15) is 11.6 Å². The Balaban J connectivity index is 1.64. The molecule has 1 saturated carbocycles. The summed E-state index contributed by atoms with van der Waals surface area (Å²) < 4.78 is 54.8. The second-order valence-corrected chi connectivity index (χ2v) is 7.19. The maximum atomic E-state index is 13.5. The normalized spacial score (nSPS) is 16.3. The van der Waals surface area contributed by atoms with E-state index >= 15 is 0 Å². The Hall–Kier alpha value is -2.62. The Morgan fingerprint density at radius 1 is 1.31 bits per heavy atom. The van der Waals surface area contributed by atoms with Crippen LogP contribution in [0.1, 0.15) is 30.7 Å². The molecule has 0 unspecified atom stereocenters. The van der Waals surface area contributed by atoms with Gasteiger partial charge in [0.25, 0.3) is 0 Å². The fraction of sp³-hybridized carbons (Fsp3) is 0.474. The molecule has 1 heterocycles. The molecule has 0 radical (unpaired) electrons. The highest BCUT2D eigenvalue weighted by molar-refractivity contribution is 5.74. The van der Waals surface area contributed by atoms with Crippen molar-refractivity contribution in [2.45, 2.75) is 43.6 Å². The molecule has 2 aromatic rings. The van der Waals surface area contributed by atoms with Crippen LogP contribution in [-0.4, -0.2) is 44.4 Å². The number of alkyl halides is 3. The third-order valence-corrected chi connectivity index (χ3v) is 4.94. The lowest BCUT2D eigenvalue weighted by Crippen LogP contribution is -2.48. The summed E-state index contributed by atoms with van der Waals surface area (Å²) in [6.07, 6.45) is -1.66. The van der Waals surface area contributed by atoms with Gasteiger partial charge in [-0.15, -0.1) is 0 Å². The summed E-state index contributed by atoms with van der Waals surface area (Å²) in [5, 5.41) is 12.8. The van der Waals surface area contributed by atoms with Crippen LogP contribution < -0.4 is 5.32 Å². The monoisotopic (exact) mass is 414 g/mol. The number of aliphatic hydroxyl groups is 1. The Kier molecular flexibility index (Phi) is 5.83. The second-order valence-electron chi connectivity index (χ2n) is 7.19. The van der Waals surface area contributed by atoms with Crippen molar-refractivity contribution in [1.29, 1.82) is 0 Å². The van der Waals surface area contributed by atoms with Gasteiger partial charge in [0.2, 0.25) is 5.60 Å². The average molecular weight is 414 g/mol. The molecular weight excluding hydrogens is 392 g/mol. The molecule has 0 spiro atoms. The highest BCUT2D eigenvalue weighted by Crippen LogP contribution is 2.40. The van der Waals surface area contributed by atoms with Crippen molar-refractivity contribution in [3.8, 4) is 0 Å². The van der Waals surface area contributed by atoms with Gasteiger partial charge < -0.3 is 19.9 Å². The maximum Gasteiger partial charge on any atom is 0.424 e. The molecule has 1 atom stereocenters. The van der Waals surface area contributed by atoms with E-state index < -0.39 is 42.4 Å². The number of urea groups is 1. The molecule has 6 nitrogen and oxygen atoms in total. The summed E-state index contributed by atoms with van der Waals surface area (Å²) in [6, 6.07) is 5.16. The molecule has 1 aliphatic carbocycles. The van der Waals surface area contributed by atoms with Crippen LogP contribution in [-0.2, 0) is 19.2 Å². The molecule has 1 aliphatic rings. The zero-order valence-electron chi connectivity index (χ0n) is 15.8. The van der Waals surface area contributed by atoms with Crippen LogP contribution in [0.25, 0.3) is 0 Å². The van der Waals surface area contributed by atoms with Crippen LogP contribution in [0, 0.1) is 5.82 Å². The number of carbonyl (C=O) groups excluding carboxylic acids is 1. The van der Waals surface area contributed by atoms with E-state index in [2.05, 4.69) is 10.3 Å². The Labute approximate surface area is 165 Å². The van der Waals surface area contributed by atoms with Crippen LogP contribution in [0.15, 0.2) is 36.7 Å². The number of imidazole rings is 1. The van der Waals surface area contributed by atoms with Gasteiger partial charge in [-0.05, 0) is 30.5 Å². The lowest BCUT2D eigenvalue weighted by Gasteiger charge is -2.30. The van der Waals surface area contributed by atoms with Crippen molar-refractivity contribution in [3.63, 3.8) is 0 Å². The molecule has 2 N–H and O–H groups in total. The van der Waals surface area contributed by atoms with Gasteiger partial charge in [-0.2, -0.15) is 13.2 Å². The molecule has 3 rings (SSSR count). The number of amides is 2. The van der Waals surface area contributed by atoms with Gasteiger partial charge in [0.15, 0.2) is 0 Å². The number of hydrogen-bond donors (Lipinski definition) is 2. The van der Waals surface area contributed by atoms with E-state index in [4.69, 9.17) is 0 Å². The number of benzene rings is 1. The minimum absolute atomic E-state index is 0.00362. The topological polar surface area (TPSA) is 70.4 Å². The molecule has 1 aromatic heterocycles. The average Bonchev–Trinajstić information content (AvgIpc) is 3.40. The molecular formula is C19H22F4N4O2. The van der Waals surface area contributed by atoms with E-state index in [1.807, 2.05) is 0 Å². The van der Waals surface area contributed by atoms with Crippen LogP contribution >= 0.6 is 0 Å². The lowest BCUT2D eigenvalue weighted by molar-refractivity contribution is -0.272. The molecule has 1 aromatic carbocycles.